The molecule has 0 aliphatic heterocycles. The molecule has 6 heterocycles. The summed E-state index contributed by atoms with van der Waals surface area (Å²) >= 11 is 0. The van der Waals surface area contributed by atoms with Crippen LogP contribution in [0.4, 0.5) is 0 Å². The van der Waals surface area contributed by atoms with E-state index in [-0.39, 0.29) is 42.1 Å². The second kappa shape index (κ2) is 15.7. The summed E-state index contributed by atoms with van der Waals surface area (Å²) in [6.45, 7) is 8.00. The largest absolute Gasteiger partial charge is 2.00 e. The molecule has 0 bridgehead atoms. The van der Waals surface area contributed by atoms with Gasteiger partial charge in [-0.3, -0.25) is 9.36 Å². The standard InChI is InChI=1S/C46H32N8O2.2Pt/c1-29-23-31(3)53(49-29)33-11-9-13-35(25-33)55-37-17-19-39-41(27-37)51(43-15-5-7-21-47-43)46-40-20-18-38(28-42(40)52(45(39)46)44-16-6-8-22-48-44)56-36-14-10-12-34(26-36)54-32(4)24-30(2)50-54;;/h5-24H,1-4H3;;/q-4;2*+2. The van der Waals surface area contributed by atoms with E-state index >= 15 is 0 Å². The number of aromatic nitrogens is 8. The molecule has 10 rings (SSSR count). The smallest absolute Gasteiger partial charge is 0.509 e. The number of benzene rings is 4. The molecule has 10 nitrogen and oxygen atoms in total. The number of ether oxygens (including phenoxy) is 2. The fraction of sp³-hybridized carbons (Fsp3) is 0.0870. The summed E-state index contributed by atoms with van der Waals surface area (Å²) in [5, 5.41) is 11.1. The van der Waals surface area contributed by atoms with Gasteiger partial charge in [0.2, 0.25) is 0 Å². The van der Waals surface area contributed by atoms with Crippen LogP contribution in [0.3, 0.4) is 0 Å². The van der Waals surface area contributed by atoms with Gasteiger partial charge in [0, 0.05) is 57.8 Å². The summed E-state index contributed by atoms with van der Waals surface area (Å²) in [6.07, 6.45) is 3.58. The Hall–Kier alpha value is -6.08. The van der Waals surface area contributed by atoms with E-state index < -0.39 is 0 Å². The van der Waals surface area contributed by atoms with Crippen LogP contribution in [0.25, 0.3) is 55.8 Å². The third-order valence-electron chi connectivity index (χ3n) is 9.60. The van der Waals surface area contributed by atoms with Gasteiger partial charge in [0.1, 0.15) is 11.6 Å². The van der Waals surface area contributed by atoms with Crippen LogP contribution >= 0.6 is 0 Å². The zero-order chi connectivity index (χ0) is 37.9. The predicted octanol–water partition coefficient (Wildman–Crippen LogP) is 9.90. The first-order valence-corrected chi connectivity index (χ1v) is 18.2. The molecule has 0 radical (unpaired) electrons. The average molecular weight is 1120 g/mol. The molecule has 6 aromatic heterocycles. The first-order valence-electron chi connectivity index (χ1n) is 18.2. The molecule has 10 aromatic rings. The van der Waals surface area contributed by atoms with Gasteiger partial charge in [-0.1, -0.05) is 33.9 Å². The third-order valence-corrected chi connectivity index (χ3v) is 9.60. The van der Waals surface area contributed by atoms with Crippen molar-refractivity contribution in [3.8, 4) is 46.0 Å². The van der Waals surface area contributed by atoms with E-state index in [0.717, 1.165) is 78.6 Å². The molecule has 0 fully saturated rings. The van der Waals surface area contributed by atoms with Gasteiger partial charge in [-0.25, -0.2) is 9.97 Å². The van der Waals surface area contributed by atoms with Crippen LogP contribution in [0.1, 0.15) is 22.8 Å². The van der Waals surface area contributed by atoms with Gasteiger partial charge in [-0.2, -0.15) is 34.5 Å². The van der Waals surface area contributed by atoms with Gasteiger partial charge in [0.05, 0.1) is 11.4 Å². The van der Waals surface area contributed by atoms with Crippen LogP contribution in [0.15, 0.2) is 122 Å². The van der Waals surface area contributed by atoms with E-state index in [0.29, 0.717) is 23.0 Å². The van der Waals surface area contributed by atoms with Crippen LogP contribution in [0.5, 0.6) is 23.0 Å². The number of aryl methyl sites for hydroxylation is 4. The van der Waals surface area contributed by atoms with E-state index in [2.05, 4.69) is 55.7 Å². The molecule has 4 aromatic carbocycles. The minimum atomic E-state index is 0. The number of hydrogen-bond donors (Lipinski definition) is 0. The van der Waals surface area contributed by atoms with Crippen LogP contribution in [0, 0.1) is 52.0 Å². The number of nitrogens with zero attached hydrogens (tertiary/aromatic N) is 8. The van der Waals surface area contributed by atoms with E-state index in [9.17, 15) is 0 Å². The van der Waals surface area contributed by atoms with Crippen molar-refractivity contribution in [3.63, 3.8) is 0 Å². The summed E-state index contributed by atoms with van der Waals surface area (Å²) < 4.78 is 20.8. The molecular formula is C46H32N8O2Pt2. The Bertz CT molecular complexity index is 2890. The van der Waals surface area contributed by atoms with Crippen molar-refractivity contribution in [3.05, 3.63) is 169 Å². The van der Waals surface area contributed by atoms with Gasteiger partial charge in [-0.15, -0.1) is 60.7 Å². The zero-order valence-corrected chi connectivity index (χ0v) is 36.1. The predicted molar refractivity (Wildman–Crippen MR) is 215 cm³/mol. The summed E-state index contributed by atoms with van der Waals surface area (Å²) in [5.74, 6) is 3.63. The molecule has 0 aliphatic rings. The SMILES string of the molecule is Cc1cc(C)n(-c2[c-]c(Oc3[c-]c4c(cc3)c3c(c5ccc(Oc6[c-]c(-n7nc(C)cc7C)ccc6)[c-]c5n3-c3ccccn3)n4-c3ccccn3)ccc2)n1.[Pt+2].[Pt+2]. The Morgan fingerprint density at radius 2 is 0.897 bits per heavy atom. The van der Waals surface area contributed by atoms with Crippen LogP contribution in [0.2, 0.25) is 0 Å². The fourth-order valence-corrected chi connectivity index (χ4v) is 7.36. The fourth-order valence-electron chi connectivity index (χ4n) is 7.36. The van der Waals surface area contributed by atoms with Crippen molar-refractivity contribution in [2.75, 3.05) is 0 Å². The van der Waals surface area contributed by atoms with Crippen molar-refractivity contribution < 1.29 is 51.6 Å². The molecule has 288 valence electrons. The van der Waals surface area contributed by atoms with Crippen LogP contribution < -0.4 is 9.47 Å². The molecule has 0 saturated heterocycles. The molecule has 12 heteroatoms. The monoisotopic (exact) mass is 1120 g/mol. The van der Waals surface area contributed by atoms with Gasteiger partial charge in [0.25, 0.3) is 0 Å². The minimum absolute atomic E-state index is 0. The third kappa shape index (κ3) is 6.86. The minimum Gasteiger partial charge on any atom is -0.509 e. The second-order valence-corrected chi connectivity index (χ2v) is 13.6. The van der Waals surface area contributed by atoms with E-state index in [1.54, 1.807) is 12.4 Å². The Morgan fingerprint density at radius 1 is 0.466 bits per heavy atom. The summed E-state index contributed by atoms with van der Waals surface area (Å²) in [5.41, 5.74) is 8.93. The van der Waals surface area contributed by atoms with Crippen LogP contribution in [-0.4, -0.2) is 38.7 Å². The molecular weight excluding hydrogens is 1090 g/mol. The maximum Gasteiger partial charge on any atom is 2.00 e. The Kier molecular flexibility index (Phi) is 10.5. The number of pyridine rings is 2. The average Bonchev–Trinajstić information content (AvgIpc) is 3.94. The van der Waals surface area contributed by atoms with Crippen molar-refractivity contribution in [2.24, 2.45) is 0 Å². The molecule has 0 atom stereocenters. The molecule has 58 heavy (non-hydrogen) atoms. The topological polar surface area (TPSA) is 89.7 Å². The Balaban J connectivity index is 0.00000235. The summed E-state index contributed by atoms with van der Waals surface area (Å²) in [4.78, 5) is 9.62. The quantitative estimate of drug-likeness (QED) is 0.141. The second-order valence-electron chi connectivity index (χ2n) is 13.6. The van der Waals surface area contributed by atoms with Gasteiger partial charge < -0.3 is 18.6 Å². The van der Waals surface area contributed by atoms with E-state index in [1.165, 1.54) is 0 Å². The summed E-state index contributed by atoms with van der Waals surface area (Å²) in [6, 6.07) is 49.3. The van der Waals surface area contributed by atoms with Gasteiger partial charge in [-0.05, 0) is 75.5 Å². The molecule has 0 unspecified atom stereocenters. The first-order chi connectivity index (χ1) is 27.4. The molecule has 0 saturated carbocycles. The van der Waals surface area contributed by atoms with Crippen molar-refractivity contribution >= 4 is 32.8 Å². The van der Waals surface area contributed by atoms with Crippen LogP contribution in [-0.2, 0) is 42.1 Å². The summed E-state index contributed by atoms with van der Waals surface area (Å²) in [7, 11) is 0. The number of rotatable bonds is 8. The van der Waals surface area contributed by atoms with Gasteiger partial charge >= 0.3 is 42.1 Å². The molecule has 0 N–H and O–H groups in total. The zero-order valence-electron chi connectivity index (χ0n) is 31.6. The number of fused-ring (bicyclic) bond motifs is 5. The maximum absolute atomic E-state index is 6.44. The first kappa shape index (κ1) is 38.8. The van der Waals surface area contributed by atoms with Crippen molar-refractivity contribution in [2.45, 2.75) is 27.7 Å². The molecule has 0 amide bonds. The van der Waals surface area contributed by atoms with Crippen molar-refractivity contribution in [1.29, 1.82) is 0 Å². The van der Waals surface area contributed by atoms with E-state index in [1.807, 2.05) is 134 Å². The maximum atomic E-state index is 6.44. The molecule has 0 spiro atoms. The van der Waals surface area contributed by atoms with Gasteiger partial charge in [0.15, 0.2) is 0 Å². The Morgan fingerprint density at radius 3 is 1.28 bits per heavy atom. The number of hydrogen-bond acceptors (Lipinski definition) is 6. The normalized spacial score (nSPS) is 11.2. The van der Waals surface area contributed by atoms with Crippen molar-refractivity contribution in [1.82, 2.24) is 38.7 Å². The molecule has 0 aliphatic carbocycles. The Labute approximate surface area is 363 Å². The van der Waals surface area contributed by atoms with E-state index in [4.69, 9.17) is 19.4 Å².